The third-order valence-electron chi connectivity index (χ3n) is 4.56. The minimum absolute atomic E-state index is 0.109. The number of Topliss-reactive ketones (excluding diaryl/α,β-unsaturated/α-hetero) is 1. The summed E-state index contributed by atoms with van der Waals surface area (Å²) in [6.45, 7) is 5.19. The summed E-state index contributed by atoms with van der Waals surface area (Å²) < 4.78 is 5.18. The smallest absolute Gasteiger partial charge is 0.338 e. The molecule has 1 amide bonds. The van der Waals surface area contributed by atoms with Gasteiger partial charge in [0.1, 0.15) is 0 Å². The summed E-state index contributed by atoms with van der Waals surface area (Å²) in [6, 6.07) is 15.9. The van der Waals surface area contributed by atoms with Crippen molar-refractivity contribution in [1.29, 1.82) is 0 Å². The number of nitrogens with zero attached hydrogens (tertiary/aromatic N) is 2. The molecular weight excluding hydrogens is 358 g/mol. The van der Waals surface area contributed by atoms with Crippen LogP contribution >= 0.6 is 0 Å². The van der Waals surface area contributed by atoms with Crippen LogP contribution in [0.3, 0.4) is 0 Å². The summed E-state index contributed by atoms with van der Waals surface area (Å²) in [4.78, 5) is 39.4. The van der Waals surface area contributed by atoms with Gasteiger partial charge in [-0.3, -0.25) is 19.9 Å². The lowest BCUT2D eigenvalue weighted by Gasteiger charge is -2.31. The maximum Gasteiger partial charge on any atom is 0.338 e. The lowest BCUT2D eigenvalue weighted by atomic mass is 9.95. The topological polar surface area (TPSA) is 88.1 Å². The first-order valence-electron chi connectivity index (χ1n) is 8.91. The standard InChI is InChI=1S/C21H21N3O4/c1-4-28-20(27)21(3)18(23-22-15-12-10-14(2)11-13-15)17(25)19(26)24(21)16-8-6-5-7-9-16/h5-13,22H,4H2,1-3H3/b23-18+/t21-/m1/s1. The van der Waals surface area contributed by atoms with Gasteiger partial charge in [-0.15, -0.1) is 0 Å². The first-order valence-corrected chi connectivity index (χ1v) is 8.91. The van der Waals surface area contributed by atoms with Crippen LogP contribution < -0.4 is 10.3 Å². The predicted octanol–water partition coefficient (Wildman–Crippen LogP) is 2.70. The second-order valence-electron chi connectivity index (χ2n) is 6.54. The Kier molecular flexibility index (Phi) is 5.26. The molecule has 0 aromatic heterocycles. The quantitative estimate of drug-likeness (QED) is 0.490. The van der Waals surface area contributed by atoms with Crippen molar-refractivity contribution in [3.63, 3.8) is 0 Å². The number of anilines is 2. The Morgan fingerprint density at radius 2 is 1.75 bits per heavy atom. The molecule has 1 N–H and O–H groups in total. The zero-order valence-electron chi connectivity index (χ0n) is 15.9. The predicted molar refractivity (Wildman–Crippen MR) is 106 cm³/mol. The summed E-state index contributed by atoms with van der Waals surface area (Å²) in [7, 11) is 0. The van der Waals surface area contributed by atoms with E-state index in [0.29, 0.717) is 11.4 Å². The summed E-state index contributed by atoms with van der Waals surface area (Å²) in [5.74, 6) is -2.40. The van der Waals surface area contributed by atoms with Crippen molar-refractivity contribution in [2.75, 3.05) is 16.9 Å². The lowest BCUT2D eigenvalue weighted by Crippen LogP contribution is -2.55. The van der Waals surface area contributed by atoms with E-state index in [1.54, 1.807) is 49.4 Å². The number of nitrogens with one attached hydrogen (secondary N) is 1. The number of aryl methyl sites for hydroxylation is 1. The highest BCUT2D eigenvalue weighted by Gasteiger charge is 2.60. The van der Waals surface area contributed by atoms with E-state index in [9.17, 15) is 14.4 Å². The molecule has 1 aliphatic heterocycles. The molecule has 2 aromatic carbocycles. The van der Waals surface area contributed by atoms with Crippen LogP contribution in [-0.2, 0) is 19.1 Å². The van der Waals surface area contributed by atoms with Gasteiger partial charge in [0.05, 0.1) is 12.3 Å². The molecule has 3 rings (SSSR count). The average molecular weight is 379 g/mol. The number of carbonyl (C=O) groups is 3. The monoisotopic (exact) mass is 379 g/mol. The molecule has 1 saturated heterocycles. The Hall–Kier alpha value is -3.48. The largest absolute Gasteiger partial charge is 0.464 e. The molecule has 0 bridgehead atoms. The minimum Gasteiger partial charge on any atom is -0.464 e. The van der Waals surface area contributed by atoms with E-state index in [2.05, 4.69) is 10.5 Å². The number of carbonyl (C=O) groups excluding carboxylic acids is 3. The Bertz CT molecular complexity index is 938. The van der Waals surface area contributed by atoms with Gasteiger partial charge >= 0.3 is 11.9 Å². The van der Waals surface area contributed by atoms with E-state index in [1.807, 2.05) is 19.1 Å². The summed E-state index contributed by atoms with van der Waals surface area (Å²) in [6.07, 6.45) is 0. The van der Waals surface area contributed by atoms with Crippen LogP contribution in [0.4, 0.5) is 11.4 Å². The number of rotatable bonds is 5. The fourth-order valence-corrected chi connectivity index (χ4v) is 3.05. The molecule has 1 heterocycles. The van der Waals surface area contributed by atoms with Crippen LogP contribution in [0, 0.1) is 6.92 Å². The highest BCUT2D eigenvalue weighted by Crippen LogP contribution is 2.33. The van der Waals surface area contributed by atoms with Gasteiger partial charge in [-0.1, -0.05) is 35.9 Å². The molecule has 2 aromatic rings. The van der Waals surface area contributed by atoms with Crippen molar-refractivity contribution in [3.05, 3.63) is 60.2 Å². The van der Waals surface area contributed by atoms with E-state index in [0.717, 1.165) is 10.5 Å². The SMILES string of the molecule is CCOC(=O)[C@@]1(C)/C(=N/Nc2ccc(C)cc2)C(=O)C(=O)N1c1ccccc1. The third kappa shape index (κ3) is 3.26. The van der Waals surface area contributed by atoms with Gasteiger partial charge in [-0.2, -0.15) is 5.10 Å². The number of ether oxygens (including phenoxy) is 1. The van der Waals surface area contributed by atoms with Gasteiger partial charge in [0.2, 0.25) is 0 Å². The van der Waals surface area contributed by atoms with E-state index in [-0.39, 0.29) is 12.3 Å². The molecule has 7 nitrogen and oxygen atoms in total. The van der Waals surface area contributed by atoms with Crippen LogP contribution in [-0.4, -0.2) is 35.5 Å². The zero-order valence-corrected chi connectivity index (χ0v) is 15.9. The molecule has 7 heteroatoms. The molecule has 0 aliphatic carbocycles. The lowest BCUT2D eigenvalue weighted by molar-refractivity contribution is -0.147. The Morgan fingerprint density at radius 3 is 2.36 bits per heavy atom. The van der Waals surface area contributed by atoms with E-state index in [4.69, 9.17) is 4.74 Å². The first kappa shape index (κ1) is 19.3. The number of hydrogen-bond acceptors (Lipinski definition) is 6. The number of benzene rings is 2. The zero-order chi connectivity index (χ0) is 20.3. The maximum absolute atomic E-state index is 12.8. The molecule has 0 spiro atoms. The van der Waals surface area contributed by atoms with Crippen LogP contribution in [0.5, 0.6) is 0 Å². The molecule has 1 aliphatic rings. The van der Waals surface area contributed by atoms with Gasteiger partial charge in [0.25, 0.3) is 5.78 Å². The van der Waals surface area contributed by atoms with Crippen molar-refractivity contribution in [1.82, 2.24) is 0 Å². The van der Waals surface area contributed by atoms with Crippen LogP contribution in [0.1, 0.15) is 19.4 Å². The van der Waals surface area contributed by atoms with E-state index >= 15 is 0 Å². The van der Waals surface area contributed by atoms with Gasteiger partial charge in [0, 0.05) is 5.69 Å². The van der Waals surface area contributed by atoms with Crippen molar-refractivity contribution >= 4 is 34.7 Å². The molecule has 0 saturated carbocycles. The normalized spacial score (nSPS) is 20.5. The number of hydrazone groups is 1. The third-order valence-corrected chi connectivity index (χ3v) is 4.56. The van der Waals surface area contributed by atoms with E-state index < -0.39 is 23.2 Å². The fraction of sp³-hybridized carbons (Fsp3) is 0.238. The molecule has 144 valence electrons. The summed E-state index contributed by atoms with van der Waals surface area (Å²) >= 11 is 0. The number of hydrogen-bond donors (Lipinski definition) is 1. The van der Waals surface area contributed by atoms with Crippen molar-refractivity contribution < 1.29 is 19.1 Å². The van der Waals surface area contributed by atoms with Crippen LogP contribution in [0.2, 0.25) is 0 Å². The van der Waals surface area contributed by atoms with Gasteiger partial charge in [-0.25, -0.2) is 4.79 Å². The number of esters is 1. The van der Waals surface area contributed by atoms with E-state index in [1.165, 1.54) is 6.92 Å². The molecule has 28 heavy (non-hydrogen) atoms. The molecule has 0 radical (unpaired) electrons. The maximum atomic E-state index is 12.8. The molecule has 1 atom stereocenters. The fourth-order valence-electron chi connectivity index (χ4n) is 3.05. The minimum atomic E-state index is -1.68. The van der Waals surface area contributed by atoms with Gasteiger partial charge in [-0.05, 0) is 45.0 Å². The van der Waals surface area contributed by atoms with Crippen LogP contribution in [0.15, 0.2) is 59.7 Å². The molecular formula is C21H21N3O4. The van der Waals surface area contributed by atoms with Crippen molar-refractivity contribution in [2.45, 2.75) is 26.3 Å². The number of ketones is 1. The second-order valence-corrected chi connectivity index (χ2v) is 6.54. The molecule has 0 unspecified atom stereocenters. The number of para-hydroxylation sites is 1. The summed E-state index contributed by atoms with van der Waals surface area (Å²) in [5.41, 5.74) is 2.99. The Balaban J connectivity index is 2.07. The highest BCUT2D eigenvalue weighted by molar-refractivity contribution is 6.75. The second kappa shape index (κ2) is 7.64. The Morgan fingerprint density at radius 1 is 1.11 bits per heavy atom. The summed E-state index contributed by atoms with van der Waals surface area (Å²) in [5, 5.41) is 4.14. The van der Waals surface area contributed by atoms with Crippen molar-refractivity contribution in [2.24, 2.45) is 5.10 Å². The van der Waals surface area contributed by atoms with Gasteiger partial charge in [0.15, 0.2) is 11.3 Å². The average Bonchev–Trinajstić information content (AvgIpc) is 2.89. The van der Waals surface area contributed by atoms with Gasteiger partial charge < -0.3 is 4.74 Å². The molecule has 1 fully saturated rings. The highest BCUT2D eigenvalue weighted by atomic mass is 16.5. The first-order chi connectivity index (χ1) is 13.4. The Labute approximate surface area is 163 Å². The van der Waals surface area contributed by atoms with Crippen LogP contribution in [0.25, 0.3) is 0 Å². The number of amides is 1. The van der Waals surface area contributed by atoms with Crippen molar-refractivity contribution in [3.8, 4) is 0 Å².